The Morgan fingerprint density at radius 1 is 1.19 bits per heavy atom. The Morgan fingerprint density at radius 2 is 1.88 bits per heavy atom. The number of para-hydroxylation sites is 2. The van der Waals surface area contributed by atoms with E-state index in [1.54, 1.807) is 0 Å². The molecule has 0 heterocycles. The third-order valence-electron chi connectivity index (χ3n) is 3.44. The summed E-state index contributed by atoms with van der Waals surface area (Å²) in [4.78, 5) is 12.1. The van der Waals surface area contributed by atoms with Crippen LogP contribution in [0.3, 0.4) is 0 Å². The Hall–Kier alpha value is -2.37. The number of aryl methyl sites for hydroxylation is 1. The fraction of sp³-hybridized carbons (Fsp3) is 0.200. The van der Waals surface area contributed by atoms with Crippen molar-refractivity contribution in [3.8, 4) is 5.75 Å². The molecule has 0 aliphatic heterocycles. The van der Waals surface area contributed by atoms with Gasteiger partial charge in [-0.15, -0.1) is 0 Å². The maximum Gasteiger partial charge on any atom is 0.226 e. The zero-order valence-electron chi connectivity index (χ0n) is 14.5. The summed E-state index contributed by atoms with van der Waals surface area (Å²) in [5.41, 5.74) is 2.53. The van der Waals surface area contributed by atoms with Gasteiger partial charge >= 0.3 is 0 Å². The van der Waals surface area contributed by atoms with E-state index in [0.29, 0.717) is 35.9 Å². The normalized spacial score (nSPS) is 10.1. The second-order valence-corrected chi connectivity index (χ2v) is 6.65. The lowest BCUT2D eigenvalue weighted by atomic mass is 10.1. The number of hydrogen-bond donors (Lipinski definition) is 2. The van der Waals surface area contributed by atoms with Crippen molar-refractivity contribution in [2.75, 3.05) is 11.9 Å². The van der Waals surface area contributed by atoms with Gasteiger partial charge in [0.2, 0.25) is 5.91 Å². The average molecular weight is 389 g/mol. The molecule has 0 saturated heterocycles. The van der Waals surface area contributed by atoms with Crippen molar-refractivity contribution < 1.29 is 9.53 Å². The zero-order chi connectivity index (χ0) is 18.9. The minimum atomic E-state index is -0.178. The van der Waals surface area contributed by atoms with Crippen LogP contribution in [0.2, 0.25) is 5.02 Å². The Kier molecular flexibility index (Phi) is 7.63. The predicted octanol–water partition coefficient (Wildman–Crippen LogP) is 4.74. The fourth-order valence-corrected chi connectivity index (χ4v) is 2.64. The first-order valence-electron chi connectivity index (χ1n) is 8.16. The van der Waals surface area contributed by atoms with Crippen molar-refractivity contribution >= 4 is 40.5 Å². The number of thiocarbonyl (C=S) groups is 1. The fourth-order valence-electron chi connectivity index (χ4n) is 2.19. The number of nitrogens with one attached hydrogen (secondary N) is 2. The second kappa shape index (κ2) is 9.94. The highest BCUT2D eigenvalue weighted by molar-refractivity contribution is 7.80. The third kappa shape index (κ3) is 6.50. The van der Waals surface area contributed by atoms with Crippen LogP contribution in [-0.2, 0) is 11.2 Å². The van der Waals surface area contributed by atoms with Crippen molar-refractivity contribution in [3.05, 3.63) is 71.3 Å². The molecule has 0 aromatic heterocycles. The lowest BCUT2D eigenvalue weighted by Gasteiger charge is -2.14. The molecule has 2 N–H and O–H groups in total. The first kappa shape index (κ1) is 19.9. The molecule has 2 aromatic rings. The molecule has 0 radical (unpaired) electrons. The van der Waals surface area contributed by atoms with E-state index in [4.69, 9.17) is 28.6 Å². The number of carbonyl (C=O) groups is 1. The highest BCUT2D eigenvalue weighted by Gasteiger charge is 2.09. The van der Waals surface area contributed by atoms with Crippen LogP contribution in [0.1, 0.15) is 18.9 Å². The molecule has 0 aliphatic rings. The Balaban J connectivity index is 1.87. The highest BCUT2D eigenvalue weighted by Crippen LogP contribution is 2.24. The first-order valence-corrected chi connectivity index (χ1v) is 8.95. The molecule has 136 valence electrons. The van der Waals surface area contributed by atoms with Gasteiger partial charge in [-0.3, -0.25) is 4.79 Å². The van der Waals surface area contributed by atoms with Crippen LogP contribution in [0.15, 0.2) is 60.7 Å². The lowest BCUT2D eigenvalue weighted by molar-refractivity contribution is -0.119. The van der Waals surface area contributed by atoms with Gasteiger partial charge < -0.3 is 15.4 Å². The monoisotopic (exact) mass is 388 g/mol. The van der Waals surface area contributed by atoms with Crippen molar-refractivity contribution in [2.45, 2.75) is 19.8 Å². The molecule has 0 unspecified atom stereocenters. The molecule has 0 atom stereocenters. The van der Waals surface area contributed by atoms with Gasteiger partial charge in [0.1, 0.15) is 12.4 Å². The molecular formula is C20H21ClN2O2S. The van der Waals surface area contributed by atoms with E-state index in [2.05, 4.69) is 17.2 Å². The molecule has 0 bridgehead atoms. The molecule has 1 amide bonds. The summed E-state index contributed by atoms with van der Waals surface area (Å²) >= 11 is 11.3. The summed E-state index contributed by atoms with van der Waals surface area (Å²) in [6, 6.07) is 14.8. The Labute approximate surface area is 164 Å². The molecule has 0 spiro atoms. The summed E-state index contributed by atoms with van der Waals surface area (Å²) in [5, 5.41) is 6.55. The average Bonchev–Trinajstić information content (AvgIpc) is 2.60. The summed E-state index contributed by atoms with van der Waals surface area (Å²) in [6.07, 6.45) is 0.839. The molecule has 26 heavy (non-hydrogen) atoms. The number of carbonyl (C=O) groups excluding carboxylic acids is 1. The Morgan fingerprint density at radius 3 is 2.62 bits per heavy atom. The van der Waals surface area contributed by atoms with E-state index in [-0.39, 0.29) is 11.0 Å². The molecule has 6 heteroatoms. The third-order valence-corrected chi connectivity index (χ3v) is 4.01. The van der Waals surface area contributed by atoms with Crippen LogP contribution in [0.5, 0.6) is 5.75 Å². The van der Waals surface area contributed by atoms with Gasteiger partial charge in [-0.25, -0.2) is 0 Å². The number of benzene rings is 2. The van der Waals surface area contributed by atoms with Crippen LogP contribution in [0, 0.1) is 0 Å². The van der Waals surface area contributed by atoms with Gasteiger partial charge in [0.15, 0.2) is 5.11 Å². The van der Waals surface area contributed by atoms with Gasteiger partial charge in [-0.2, -0.15) is 0 Å². The number of hydrogen-bond acceptors (Lipinski definition) is 3. The van der Waals surface area contributed by atoms with E-state index in [1.165, 1.54) is 0 Å². The van der Waals surface area contributed by atoms with Crippen LogP contribution < -0.4 is 15.4 Å². The maximum atomic E-state index is 12.1. The maximum absolute atomic E-state index is 12.1. The standard InChI is InChI=1S/C20H21ClN2O2S/c1-14(2)13-25-18-10-6-5-9-17(18)22-20(26)23-19(24)12-11-15-7-3-4-8-16(15)21/h3-10H,1,11-13H2,2H3,(H2,22,23,24,26). The van der Waals surface area contributed by atoms with Gasteiger partial charge in [0.05, 0.1) is 5.69 Å². The summed E-state index contributed by atoms with van der Waals surface area (Å²) in [6.45, 7) is 6.12. The summed E-state index contributed by atoms with van der Waals surface area (Å²) < 4.78 is 5.67. The van der Waals surface area contributed by atoms with Crippen molar-refractivity contribution in [1.82, 2.24) is 5.32 Å². The lowest BCUT2D eigenvalue weighted by Crippen LogP contribution is -2.34. The molecule has 0 saturated carbocycles. The van der Waals surface area contributed by atoms with Crippen LogP contribution >= 0.6 is 23.8 Å². The largest absolute Gasteiger partial charge is 0.487 e. The smallest absolute Gasteiger partial charge is 0.226 e. The second-order valence-electron chi connectivity index (χ2n) is 5.84. The molecule has 0 fully saturated rings. The number of halogens is 1. The number of rotatable bonds is 7. The molecule has 2 rings (SSSR count). The minimum Gasteiger partial charge on any atom is -0.487 e. The summed E-state index contributed by atoms with van der Waals surface area (Å²) in [7, 11) is 0. The van der Waals surface area contributed by atoms with Gasteiger partial charge in [0.25, 0.3) is 0 Å². The minimum absolute atomic E-state index is 0.178. The van der Waals surface area contributed by atoms with E-state index < -0.39 is 0 Å². The number of ether oxygens (including phenoxy) is 1. The van der Waals surface area contributed by atoms with Crippen molar-refractivity contribution in [1.29, 1.82) is 0 Å². The topological polar surface area (TPSA) is 50.4 Å². The number of amides is 1. The SMILES string of the molecule is C=C(C)COc1ccccc1NC(=S)NC(=O)CCc1ccccc1Cl. The van der Waals surface area contributed by atoms with E-state index in [0.717, 1.165) is 11.1 Å². The quantitative estimate of drug-likeness (QED) is 0.531. The molecule has 2 aromatic carbocycles. The zero-order valence-corrected chi connectivity index (χ0v) is 16.1. The Bertz CT molecular complexity index is 808. The molecule has 0 aliphatic carbocycles. The number of anilines is 1. The van der Waals surface area contributed by atoms with E-state index in [1.807, 2.05) is 55.5 Å². The highest BCUT2D eigenvalue weighted by atomic mass is 35.5. The first-order chi connectivity index (χ1) is 12.5. The molecular weight excluding hydrogens is 368 g/mol. The predicted molar refractivity (Wildman–Crippen MR) is 111 cm³/mol. The summed E-state index contributed by atoms with van der Waals surface area (Å²) in [5.74, 6) is 0.464. The van der Waals surface area contributed by atoms with E-state index in [9.17, 15) is 4.79 Å². The van der Waals surface area contributed by atoms with Crippen molar-refractivity contribution in [3.63, 3.8) is 0 Å². The van der Waals surface area contributed by atoms with Crippen LogP contribution in [0.4, 0.5) is 5.69 Å². The van der Waals surface area contributed by atoms with Gasteiger partial charge in [-0.1, -0.05) is 48.5 Å². The van der Waals surface area contributed by atoms with Crippen molar-refractivity contribution in [2.24, 2.45) is 0 Å². The van der Waals surface area contributed by atoms with Gasteiger partial charge in [-0.05, 0) is 54.9 Å². The molecule has 4 nitrogen and oxygen atoms in total. The van der Waals surface area contributed by atoms with Crippen LogP contribution in [-0.4, -0.2) is 17.6 Å². The van der Waals surface area contributed by atoms with Crippen LogP contribution in [0.25, 0.3) is 0 Å². The van der Waals surface area contributed by atoms with Gasteiger partial charge in [0, 0.05) is 11.4 Å². The van der Waals surface area contributed by atoms with E-state index >= 15 is 0 Å².